The molecule has 21 heavy (non-hydrogen) atoms. The molecule has 110 valence electrons. The summed E-state index contributed by atoms with van der Waals surface area (Å²) in [5, 5.41) is 0. The molecule has 0 radical (unpaired) electrons. The second kappa shape index (κ2) is 5.80. The van der Waals surface area contributed by atoms with E-state index in [0.717, 1.165) is 43.0 Å². The second-order valence-electron chi connectivity index (χ2n) is 5.85. The van der Waals surface area contributed by atoms with Crippen LogP contribution in [-0.2, 0) is 6.42 Å². The van der Waals surface area contributed by atoms with Crippen molar-refractivity contribution in [3.63, 3.8) is 0 Å². The number of hydrogen-bond donors (Lipinski definition) is 0. The van der Waals surface area contributed by atoms with Crippen LogP contribution in [0.3, 0.4) is 0 Å². The van der Waals surface area contributed by atoms with Crippen LogP contribution in [0.25, 0.3) is 0 Å². The molecule has 0 amide bonds. The number of aryl methyl sites for hydroxylation is 2. The van der Waals surface area contributed by atoms with Gasteiger partial charge in [-0.15, -0.1) is 0 Å². The van der Waals surface area contributed by atoms with Crippen molar-refractivity contribution in [2.45, 2.75) is 26.7 Å². The van der Waals surface area contributed by atoms with Crippen molar-refractivity contribution < 1.29 is 4.39 Å². The Labute approximate surface area is 124 Å². The van der Waals surface area contributed by atoms with Gasteiger partial charge in [0.1, 0.15) is 11.6 Å². The Morgan fingerprint density at radius 2 is 2.05 bits per heavy atom. The summed E-state index contributed by atoms with van der Waals surface area (Å²) in [5.41, 5.74) is 2.77. The molecule has 3 nitrogen and oxygen atoms in total. The van der Waals surface area contributed by atoms with Gasteiger partial charge in [0.2, 0.25) is 0 Å². The highest BCUT2D eigenvalue weighted by Crippen LogP contribution is 2.26. The summed E-state index contributed by atoms with van der Waals surface area (Å²) in [4.78, 5) is 11.0. The van der Waals surface area contributed by atoms with Crippen molar-refractivity contribution in [1.82, 2.24) is 9.97 Å². The molecular formula is C17H20FN3. The summed E-state index contributed by atoms with van der Waals surface area (Å²) in [6, 6.07) is 5.57. The first kappa shape index (κ1) is 14.0. The highest BCUT2D eigenvalue weighted by Gasteiger charge is 2.25. The molecule has 4 heteroatoms. The Balaban J connectivity index is 1.67. The molecule has 1 aromatic carbocycles. The molecule has 0 N–H and O–H groups in total. The highest BCUT2D eigenvalue weighted by molar-refractivity contribution is 5.43. The van der Waals surface area contributed by atoms with Crippen molar-refractivity contribution in [3.05, 3.63) is 53.2 Å². The molecule has 2 heterocycles. The number of nitrogens with zero attached hydrogens (tertiary/aromatic N) is 3. The quantitative estimate of drug-likeness (QED) is 0.866. The molecule has 3 rings (SSSR count). The molecule has 1 aliphatic rings. The van der Waals surface area contributed by atoms with Gasteiger partial charge in [-0.1, -0.05) is 12.1 Å². The topological polar surface area (TPSA) is 29.0 Å². The minimum atomic E-state index is -0.105. The first-order valence-electron chi connectivity index (χ1n) is 7.41. The average Bonchev–Trinajstić information content (AvgIpc) is 2.92. The van der Waals surface area contributed by atoms with Gasteiger partial charge in [0, 0.05) is 25.5 Å². The maximum Gasteiger partial charge on any atom is 0.150 e. The molecule has 1 saturated heterocycles. The van der Waals surface area contributed by atoms with Crippen molar-refractivity contribution >= 4 is 5.82 Å². The van der Waals surface area contributed by atoms with Gasteiger partial charge in [-0.05, 0) is 49.8 Å². The van der Waals surface area contributed by atoms with Crippen LogP contribution in [0.5, 0.6) is 0 Å². The Hall–Kier alpha value is -1.97. The second-order valence-corrected chi connectivity index (χ2v) is 5.85. The molecule has 0 aliphatic carbocycles. The minimum absolute atomic E-state index is 0.105. The van der Waals surface area contributed by atoms with Gasteiger partial charge >= 0.3 is 0 Å². The largest absolute Gasteiger partial charge is 0.355 e. The molecule has 0 bridgehead atoms. The van der Waals surface area contributed by atoms with E-state index in [9.17, 15) is 4.39 Å². The van der Waals surface area contributed by atoms with Crippen LogP contribution >= 0.6 is 0 Å². The van der Waals surface area contributed by atoms with Crippen molar-refractivity contribution in [1.29, 1.82) is 0 Å². The lowest BCUT2D eigenvalue weighted by atomic mass is 9.98. The third kappa shape index (κ3) is 3.04. The van der Waals surface area contributed by atoms with E-state index in [-0.39, 0.29) is 5.82 Å². The highest BCUT2D eigenvalue weighted by atomic mass is 19.1. The molecule has 0 saturated carbocycles. The van der Waals surface area contributed by atoms with Crippen LogP contribution in [0.4, 0.5) is 10.2 Å². The zero-order chi connectivity index (χ0) is 14.8. The fourth-order valence-electron chi connectivity index (χ4n) is 3.00. The standard InChI is InChI=1S/C17H20FN3/c1-12-3-4-14(10-16(12)18)9-15-5-8-21(11-15)17-13(2)19-6-7-20-17/h3-4,6-7,10,15H,5,8-9,11H2,1-2H3. The third-order valence-electron chi connectivity index (χ3n) is 4.20. The summed E-state index contributed by atoms with van der Waals surface area (Å²) in [6.45, 7) is 5.76. The Morgan fingerprint density at radius 3 is 2.81 bits per heavy atom. The molecule has 1 aliphatic heterocycles. The van der Waals surface area contributed by atoms with Crippen LogP contribution in [0, 0.1) is 25.6 Å². The van der Waals surface area contributed by atoms with E-state index in [2.05, 4.69) is 14.9 Å². The van der Waals surface area contributed by atoms with Crippen LogP contribution in [0.1, 0.15) is 23.2 Å². The molecular weight excluding hydrogens is 265 g/mol. The van der Waals surface area contributed by atoms with Crippen LogP contribution < -0.4 is 4.90 Å². The fourth-order valence-corrected chi connectivity index (χ4v) is 3.00. The van der Waals surface area contributed by atoms with E-state index in [0.29, 0.717) is 11.5 Å². The smallest absolute Gasteiger partial charge is 0.150 e. The molecule has 1 fully saturated rings. The Bertz CT molecular complexity index is 642. The summed E-state index contributed by atoms with van der Waals surface area (Å²) in [7, 11) is 0. The maximum absolute atomic E-state index is 13.6. The summed E-state index contributed by atoms with van der Waals surface area (Å²) >= 11 is 0. The Kier molecular flexibility index (Phi) is 3.86. The minimum Gasteiger partial charge on any atom is -0.355 e. The lowest BCUT2D eigenvalue weighted by molar-refractivity contribution is 0.576. The predicted molar refractivity (Wildman–Crippen MR) is 81.9 cm³/mol. The first-order valence-corrected chi connectivity index (χ1v) is 7.41. The number of hydrogen-bond acceptors (Lipinski definition) is 3. The van der Waals surface area contributed by atoms with Crippen molar-refractivity contribution in [2.75, 3.05) is 18.0 Å². The number of anilines is 1. The lowest BCUT2D eigenvalue weighted by Gasteiger charge is -2.18. The van der Waals surface area contributed by atoms with Crippen LogP contribution in [-0.4, -0.2) is 23.1 Å². The normalized spacial score (nSPS) is 18.2. The van der Waals surface area contributed by atoms with Gasteiger partial charge in [0.05, 0.1) is 5.69 Å². The van der Waals surface area contributed by atoms with E-state index in [1.807, 2.05) is 19.1 Å². The van der Waals surface area contributed by atoms with E-state index >= 15 is 0 Å². The molecule has 1 unspecified atom stereocenters. The maximum atomic E-state index is 13.6. The van der Waals surface area contributed by atoms with Gasteiger partial charge in [-0.25, -0.2) is 9.37 Å². The molecule has 1 aromatic heterocycles. The first-order chi connectivity index (χ1) is 10.1. The predicted octanol–water partition coefficient (Wildman–Crippen LogP) is 3.30. The number of benzene rings is 1. The van der Waals surface area contributed by atoms with Gasteiger partial charge in [0.25, 0.3) is 0 Å². The summed E-state index contributed by atoms with van der Waals surface area (Å²) in [6.07, 6.45) is 5.50. The number of rotatable bonds is 3. The zero-order valence-electron chi connectivity index (χ0n) is 12.5. The van der Waals surface area contributed by atoms with E-state index in [1.165, 1.54) is 0 Å². The Morgan fingerprint density at radius 1 is 1.24 bits per heavy atom. The molecule has 0 spiro atoms. The third-order valence-corrected chi connectivity index (χ3v) is 4.20. The lowest BCUT2D eigenvalue weighted by Crippen LogP contribution is -2.22. The zero-order valence-corrected chi connectivity index (χ0v) is 12.5. The van der Waals surface area contributed by atoms with Gasteiger partial charge in [-0.3, -0.25) is 4.98 Å². The fraction of sp³-hybridized carbons (Fsp3) is 0.412. The monoisotopic (exact) mass is 285 g/mol. The van der Waals surface area contributed by atoms with E-state index in [1.54, 1.807) is 25.4 Å². The van der Waals surface area contributed by atoms with Gasteiger partial charge < -0.3 is 4.90 Å². The van der Waals surface area contributed by atoms with E-state index < -0.39 is 0 Å². The van der Waals surface area contributed by atoms with Crippen molar-refractivity contribution in [3.8, 4) is 0 Å². The van der Waals surface area contributed by atoms with Crippen molar-refractivity contribution in [2.24, 2.45) is 5.92 Å². The number of aromatic nitrogens is 2. The molecule has 2 aromatic rings. The summed E-state index contributed by atoms with van der Waals surface area (Å²) < 4.78 is 13.6. The average molecular weight is 285 g/mol. The van der Waals surface area contributed by atoms with Gasteiger partial charge in [-0.2, -0.15) is 0 Å². The summed E-state index contributed by atoms with van der Waals surface area (Å²) in [5.74, 6) is 1.43. The van der Waals surface area contributed by atoms with E-state index in [4.69, 9.17) is 0 Å². The van der Waals surface area contributed by atoms with Crippen LogP contribution in [0.15, 0.2) is 30.6 Å². The molecule has 1 atom stereocenters. The number of halogens is 1. The SMILES string of the molecule is Cc1ccc(CC2CCN(c3nccnc3C)C2)cc1F. The van der Waals surface area contributed by atoms with Gasteiger partial charge in [0.15, 0.2) is 0 Å². The van der Waals surface area contributed by atoms with Crippen LogP contribution in [0.2, 0.25) is 0 Å².